The first-order valence-electron chi connectivity index (χ1n) is 9.23. The van der Waals surface area contributed by atoms with Crippen molar-refractivity contribution in [1.82, 2.24) is 19.3 Å². The van der Waals surface area contributed by atoms with E-state index in [2.05, 4.69) is 34.3 Å². The lowest BCUT2D eigenvalue weighted by atomic mass is 10.1. The molecule has 6 heteroatoms. The van der Waals surface area contributed by atoms with Crippen LogP contribution in [-0.2, 0) is 4.79 Å². The van der Waals surface area contributed by atoms with Crippen LogP contribution in [0.5, 0.6) is 0 Å². The molecular weight excluding hydrogens is 316 g/mol. The Hall–Kier alpha value is -1.66. The summed E-state index contributed by atoms with van der Waals surface area (Å²) in [6.07, 6.45) is 2.47. The number of rotatable bonds is 6. The second-order valence-corrected chi connectivity index (χ2v) is 7.65. The van der Waals surface area contributed by atoms with Gasteiger partial charge in [0.15, 0.2) is 5.78 Å². The highest BCUT2D eigenvalue weighted by atomic mass is 16.2. The molecule has 1 aromatic rings. The van der Waals surface area contributed by atoms with E-state index in [1.807, 2.05) is 0 Å². The van der Waals surface area contributed by atoms with Crippen molar-refractivity contribution in [3.63, 3.8) is 0 Å². The Morgan fingerprint density at radius 3 is 2.12 bits per heavy atom. The molecule has 2 heterocycles. The van der Waals surface area contributed by atoms with Gasteiger partial charge < -0.3 is 9.47 Å². The zero-order valence-electron chi connectivity index (χ0n) is 15.9. The molecule has 0 atom stereocenters. The zero-order valence-corrected chi connectivity index (χ0v) is 15.9. The van der Waals surface area contributed by atoms with Crippen LogP contribution in [0.25, 0.3) is 0 Å². The number of nitrogens with zero attached hydrogens (tertiary/aromatic N) is 4. The lowest BCUT2D eigenvalue weighted by molar-refractivity contribution is -0.130. The van der Waals surface area contributed by atoms with Gasteiger partial charge in [-0.05, 0) is 32.8 Å². The molecule has 2 fully saturated rings. The summed E-state index contributed by atoms with van der Waals surface area (Å²) < 4.78 is 2.33. The van der Waals surface area contributed by atoms with Gasteiger partial charge in [-0.2, -0.15) is 0 Å². The first-order chi connectivity index (χ1) is 11.9. The van der Waals surface area contributed by atoms with Crippen molar-refractivity contribution in [2.45, 2.75) is 32.7 Å². The fraction of sp³-hybridized carbons (Fsp3) is 0.684. The summed E-state index contributed by atoms with van der Waals surface area (Å²) in [5, 5.41) is 0. The summed E-state index contributed by atoms with van der Waals surface area (Å²) in [7, 11) is 3.57. The third-order valence-corrected chi connectivity index (χ3v) is 5.39. The Kier molecular flexibility index (Phi) is 5.29. The molecule has 1 saturated carbocycles. The molecule has 1 aliphatic heterocycles. The van der Waals surface area contributed by atoms with Crippen LogP contribution in [0.2, 0.25) is 0 Å². The maximum Gasteiger partial charge on any atom is 0.236 e. The molecule has 6 nitrogen and oxygen atoms in total. The molecule has 1 aromatic heterocycles. The number of likely N-dealkylation sites (N-methyl/N-ethyl adjacent to an activating group) is 1. The second-order valence-electron chi connectivity index (χ2n) is 7.65. The molecular formula is C19H30N4O2. The maximum absolute atomic E-state index is 12.8. The predicted molar refractivity (Wildman–Crippen MR) is 98.1 cm³/mol. The summed E-state index contributed by atoms with van der Waals surface area (Å²) in [5.41, 5.74) is 3.21. The molecule has 1 aliphatic carbocycles. The van der Waals surface area contributed by atoms with Gasteiger partial charge in [-0.3, -0.25) is 19.4 Å². The number of ketones is 1. The third-order valence-electron chi connectivity index (χ3n) is 5.39. The molecule has 1 saturated heterocycles. The Morgan fingerprint density at radius 1 is 1.04 bits per heavy atom. The first-order valence-corrected chi connectivity index (χ1v) is 9.23. The number of carbonyl (C=O) groups excluding carboxylic acids is 2. The van der Waals surface area contributed by atoms with E-state index in [4.69, 9.17) is 0 Å². The van der Waals surface area contributed by atoms with Crippen LogP contribution in [0, 0.1) is 13.8 Å². The van der Waals surface area contributed by atoms with Crippen LogP contribution in [0.4, 0.5) is 0 Å². The van der Waals surface area contributed by atoms with Crippen LogP contribution in [0.3, 0.4) is 0 Å². The fourth-order valence-corrected chi connectivity index (χ4v) is 3.68. The van der Waals surface area contributed by atoms with E-state index in [1.54, 1.807) is 19.0 Å². The topological polar surface area (TPSA) is 48.8 Å². The van der Waals surface area contributed by atoms with Crippen molar-refractivity contribution < 1.29 is 9.59 Å². The van der Waals surface area contributed by atoms with Gasteiger partial charge in [-0.25, -0.2) is 0 Å². The quantitative estimate of drug-likeness (QED) is 0.729. The van der Waals surface area contributed by atoms with Gasteiger partial charge in [-0.1, -0.05) is 0 Å². The van der Waals surface area contributed by atoms with Gasteiger partial charge in [0.2, 0.25) is 5.91 Å². The normalized spacial score (nSPS) is 19.2. The molecule has 3 rings (SSSR count). The Balaban J connectivity index is 1.53. The highest BCUT2D eigenvalue weighted by Crippen LogP contribution is 2.38. The number of carbonyl (C=O) groups is 2. The number of piperazine rings is 1. The summed E-state index contributed by atoms with van der Waals surface area (Å²) in [6, 6.07) is 2.67. The molecule has 0 aromatic carbocycles. The molecule has 1 amide bonds. The SMILES string of the molecule is Cc1cc(C(=O)CN2CCN(CC(=O)N(C)C)CC2)c(C)n1C1CC1. The second kappa shape index (κ2) is 7.30. The lowest BCUT2D eigenvalue weighted by Crippen LogP contribution is -2.50. The molecule has 138 valence electrons. The highest BCUT2D eigenvalue weighted by molar-refractivity contribution is 5.99. The summed E-state index contributed by atoms with van der Waals surface area (Å²) >= 11 is 0. The molecule has 25 heavy (non-hydrogen) atoms. The average Bonchev–Trinajstić information content (AvgIpc) is 3.34. The Bertz CT molecular complexity index is 653. The molecule has 0 bridgehead atoms. The van der Waals surface area contributed by atoms with Gasteiger partial charge >= 0.3 is 0 Å². The van der Waals surface area contributed by atoms with E-state index in [9.17, 15) is 9.59 Å². The van der Waals surface area contributed by atoms with Crippen LogP contribution in [0.15, 0.2) is 6.07 Å². The lowest BCUT2D eigenvalue weighted by Gasteiger charge is -2.34. The van der Waals surface area contributed by atoms with Gasteiger partial charge in [0.1, 0.15) is 0 Å². The predicted octanol–water partition coefficient (Wildman–Crippen LogP) is 1.33. The van der Waals surface area contributed by atoms with Crippen molar-refractivity contribution in [2.24, 2.45) is 0 Å². The van der Waals surface area contributed by atoms with Crippen LogP contribution in [-0.4, -0.2) is 84.3 Å². The average molecular weight is 346 g/mol. The molecule has 0 radical (unpaired) electrons. The van der Waals surface area contributed by atoms with Crippen molar-refractivity contribution in [3.8, 4) is 0 Å². The first kappa shape index (κ1) is 18.1. The van der Waals surface area contributed by atoms with Crippen molar-refractivity contribution in [3.05, 3.63) is 23.0 Å². The largest absolute Gasteiger partial charge is 0.348 e. The van der Waals surface area contributed by atoms with Gasteiger partial charge in [0, 0.05) is 63.3 Å². The number of amides is 1. The summed E-state index contributed by atoms with van der Waals surface area (Å²) in [5.74, 6) is 0.356. The van der Waals surface area contributed by atoms with Crippen molar-refractivity contribution in [2.75, 3.05) is 53.4 Å². The number of hydrogen-bond donors (Lipinski definition) is 0. The summed E-state index contributed by atoms with van der Waals surface area (Å²) in [6.45, 7) is 8.48. The van der Waals surface area contributed by atoms with E-state index < -0.39 is 0 Å². The molecule has 0 unspecified atom stereocenters. The smallest absolute Gasteiger partial charge is 0.236 e. The number of aromatic nitrogens is 1. The molecule has 0 spiro atoms. The number of hydrogen-bond acceptors (Lipinski definition) is 4. The third kappa shape index (κ3) is 4.12. The Labute approximate surface area is 150 Å². The van der Waals surface area contributed by atoms with E-state index >= 15 is 0 Å². The zero-order chi connectivity index (χ0) is 18.1. The minimum absolute atomic E-state index is 0.136. The molecule has 2 aliphatic rings. The molecule has 0 N–H and O–H groups in total. The van der Waals surface area contributed by atoms with Crippen molar-refractivity contribution in [1.29, 1.82) is 0 Å². The number of Topliss-reactive ketones (excluding diaryl/α,β-unsaturated/α-hetero) is 1. The maximum atomic E-state index is 12.8. The Morgan fingerprint density at radius 2 is 1.60 bits per heavy atom. The fourth-order valence-electron chi connectivity index (χ4n) is 3.68. The van der Waals surface area contributed by atoms with Crippen LogP contribution < -0.4 is 0 Å². The van der Waals surface area contributed by atoms with E-state index in [0.29, 0.717) is 19.1 Å². The van der Waals surface area contributed by atoms with Gasteiger partial charge in [0.25, 0.3) is 0 Å². The minimum atomic E-state index is 0.136. The monoisotopic (exact) mass is 346 g/mol. The van der Waals surface area contributed by atoms with E-state index in [0.717, 1.165) is 37.4 Å². The van der Waals surface area contributed by atoms with Crippen molar-refractivity contribution >= 4 is 11.7 Å². The minimum Gasteiger partial charge on any atom is -0.348 e. The van der Waals surface area contributed by atoms with E-state index in [1.165, 1.54) is 18.5 Å². The van der Waals surface area contributed by atoms with E-state index in [-0.39, 0.29) is 11.7 Å². The highest BCUT2D eigenvalue weighted by Gasteiger charge is 2.29. The van der Waals surface area contributed by atoms with Crippen LogP contribution >= 0.6 is 0 Å². The van der Waals surface area contributed by atoms with Gasteiger partial charge in [-0.15, -0.1) is 0 Å². The summed E-state index contributed by atoms with van der Waals surface area (Å²) in [4.78, 5) is 30.6. The number of aryl methyl sites for hydroxylation is 1. The van der Waals surface area contributed by atoms with Gasteiger partial charge in [0.05, 0.1) is 13.1 Å². The van der Waals surface area contributed by atoms with Crippen LogP contribution in [0.1, 0.15) is 40.6 Å². The standard InChI is InChI=1S/C19H30N4O2/c1-14-11-17(15(2)23(14)16-5-6-16)18(24)12-21-7-9-22(10-8-21)13-19(25)20(3)4/h11,16H,5-10,12-13H2,1-4H3.